The van der Waals surface area contributed by atoms with Gasteiger partial charge in [0.15, 0.2) is 0 Å². The van der Waals surface area contributed by atoms with Crippen LogP contribution in [0, 0.1) is 12.3 Å². The van der Waals surface area contributed by atoms with Crippen molar-refractivity contribution in [3.05, 3.63) is 36.0 Å². The van der Waals surface area contributed by atoms with Crippen LogP contribution < -0.4 is 11.1 Å². The van der Waals surface area contributed by atoms with E-state index in [4.69, 9.17) is 5.73 Å². The standard InChI is InChI=1S/C16H23N3/c1-12-10-15(18-11-16(2,3)8-9-17)13-6-4-5-7-14(13)19-12/h4-7,10H,8-9,11,17H2,1-3H3,(H,18,19). The number of rotatable bonds is 5. The predicted octanol–water partition coefficient (Wildman–Crippen LogP) is 3.33. The molecule has 0 saturated carbocycles. The van der Waals surface area contributed by atoms with Crippen molar-refractivity contribution in [1.82, 2.24) is 4.98 Å². The van der Waals surface area contributed by atoms with Crippen LogP contribution in [0.15, 0.2) is 30.3 Å². The number of pyridine rings is 1. The average Bonchev–Trinajstić information content (AvgIpc) is 2.36. The maximum Gasteiger partial charge on any atom is 0.0725 e. The number of aromatic nitrogens is 1. The van der Waals surface area contributed by atoms with Gasteiger partial charge in [-0.3, -0.25) is 4.98 Å². The van der Waals surface area contributed by atoms with E-state index in [1.54, 1.807) is 0 Å². The van der Waals surface area contributed by atoms with Crippen LogP contribution in [0.2, 0.25) is 0 Å². The molecular formula is C16H23N3. The summed E-state index contributed by atoms with van der Waals surface area (Å²) in [5, 5.41) is 4.74. The lowest BCUT2D eigenvalue weighted by Gasteiger charge is -2.25. The molecule has 0 aliphatic heterocycles. The molecule has 0 atom stereocenters. The summed E-state index contributed by atoms with van der Waals surface area (Å²) in [6.07, 6.45) is 1.02. The van der Waals surface area contributed by atoms with Crippen molar-refractivity contribution < 1.29 is 0 Å². The van der Waals surface area contributed by atoms with Gasteiger partial charge in [0.1, 0.15) is 0 Å². The Kier molecular flexibility index (Phi) is 4.05. The second kappa shape index (κ2) is 5.57. The van der Waals surface area contributed by atoms with Crippen molar-refractivity contribution in [2.75, 3.05) is 18.4 Å². The highest BCUT2D eigenvalue weighted by Crippen LogP contribution is 2.26. The second-order valence-corrected chi connectivity index (χ2v) is 5.88. The fourth-order valence-electron chi connectivity index (χ4n) is 2.27. The first kappa shape index (κ1) is 13.8. The van der Waals surface area contributed by atoms with Crippen molar-refractivity contribution in [2.45, 2.75) is 27.2 Å². The van der Waals surface area contributed by atoms with Gasteiger partial charge in [0.05, 0.1) is 5.52 Å². The summed E-state index contributed by atoms with van der Waals surface area (Å²) >= 11 is 0. The third-order valence-corrected chi connectivity index (χ3v) is 3.42. The summed E-state index contributed by atoms with van der Waals surface area (Å²) in [6.45, 7) is 8.15. The number of nitrogens with zero attached hydrogens (tertiary/aromatic N) is 1. The van der Waals surface area contributed by atoms with Gasteiger partial charge in [-0.15, -0.1) is 0 Å². The van der Waals surface area contributed by atoms with Gasteiger partial charge in [-0.05, 0) is 37.4 Å². The molecule has 0 saturated heterocycles. The van der Waals surface area contributed by atoms with Gasteiger partial charge in [0, 0.05) is 23.3 Å². The van der Waals surface area contributed by atoms with Crippen LogP contribution in [-0.2, 0) is 0 Å². The summed E-state index contributed by atoms with van der Waals surface area (Å²) in [7, 11) is 0. The Morgan fingerprint density at radius 1 is 1.26 bits per heavy atom. The zero-order chi connectivity index (χ0) is 13.9. The number of hydrogen-bond donors (Lipinski definition) is 2. The van der Waals surface area contributed by atoms with Crippen molar-refractivity contribution in [1.29, 1.82) is 0 Å². The molecule has 1 aromatic heterocycles. The monoisotopic (exact) mass is 257 g/mol. The molecule has 0 aliphatic rings. The zero-order valence-electron chi connectivity index (χ0n) is 12.0. The topological polar surface area (TPSA) is 50.9 Å². The molecule has 3 heteroatoms. The number of nitrogens with one attached hydrogen (secondary N) is 1. The van der Waals surface area contributed by atoms with Crippen molar-refractivity contribution in [2.24, 2.45) is 11.1 Å². The highest BCUT2D eigenvalue weighted by molar-refractivity contribution is 5.91. The Balaban J connectivity index is 2.25. The SMILES string of the molecule is Cc1cc(NCC(C)(C)CCN)c2ccccc2n1. The van der Waals surface area contributed by atoms with E-state index in [-0.39, 0.29) is 5.41 Å². The van der Waals surface area contributed by atoms with Crippen LogP contribution in [0.25, 0.3) is 10.9 Å². The van der Waals surface area contributed by atoms with Crippen molar-refractivity contribution in [3.63, 3.8) is 0 Å². The van der Waals surface area contributed by atoms with E-state index in [2.05, 4.69) is 48.4 Å². The minimum atomic E-state index is 0.201. The van der Waals surface area contributed by atoms with Gasteiger partial charge in [0.25, 0.3) is 0 Å². The normalized spacial score (nSPS) is 11.8. The first-order valence-electron chi connectivity index (χ1n) is 6.82. The average molecular weight is 257 g/mol. The number of hydrogen-bond acceptors (Lipinski definition) is 3. The minimum absolute atomic E-state index is 0.201. The molecule has 2 aromatic rings. The van der Waals surface area contributed by atoms with Gasteiger partial charge in [-0.2, -0.15) is 0 Å². The molecule has 1 heterocycles. The molecule has 0 spiro atoms. The van der Waals surface area contributed by atoms with Gasteiger partial charge in [0.2, 0.25) is 0 Å². The minimum Gasteiger partial charge on any atom is -0.384 e. The first-order valence-corrected chi connectivity index (χ1v) is 6.82. The lowest BCUT2D eigenvalue weighted by atomic mass is 9.89. The quantitative estimate of drug-likeness (QED) is 0.863. The summed E-state index contributed by atoms with van der Waals surface area (Å²) in [6, 6.07) is 10.4. The van der Waals surface area contributed by atoms with E-state index in [0.717, 1.165) is 36.4 Å². The van der Waals surface area contributed by atoms with Crippen molar-refractivity contribution in [3.8, 4) is 0 Å². The van der Waals surface area contributed by atoms with Crippen LogP contribution in [0.4, 0.5) is 5.69 Å². The van der Waals surface area contributed by atoms with E-state index in [0.29, 0.717) is 0 Å². The lowest BCUT2D eigenvalue weighted by Crippen LogP contribution is -2.26. The summed E-state index contributed by atoms with van der Waals surface area (Å²) < 4.78 is 0. The number of nitrogens with two attached hydrogens (primary N) is 1. The highest BCUT2D eigenvalue weighted by atomic mass is 14.9. The molecule has 0 bridgehead atoms. The molecular weight excluding hydrogens is 234 g/mol. The molecule has 0 amide bonds. The lowest BCUT2D eigenvalue weighted by molar-refractivity contribution is 0.365. The van der Waals surface area contributed by atoms with E-state index < -0.39 is 0 Å². The third-order valence-electron chi connectivity index (χ3n) is 3.42. The van der Waals surface area contributed by atoms with Crippen LogP contribution >= 0.6 is 0 Å². The largest absolute Gasteiger partial charge is 0.384 e. The van der Waals surface area contributed by atoms with Crippen LogP contribution in [0.5, 0.6) is 0 Å². The van der Waals surface area contributed by atoms with Gasteiger partial charge < -0.3 is 11.1 Å². The number of fused-ring (bicyclic) bond motifs is 1. The van der Waals surface area contributed by atoms with Crippen LogP contribution in [-0.4, -0.2) is 18.1 Å². The summed E-state index contributed by atoms with van der Waals surface area (Å²) in [4.78, 5) is 4.56. The summed E-state index contributed by atoms with van der Waals surface area (Å²) in [5.74, 6) is 0. The fraction of sp³-hybridized carbons (Fsp3) is 0.438. The van der Waals surface area contributed by atoms with Crippen LogP contribution in [0.3, 0.4) is 0 Å². The Morgan fingerprint density at radius 2 is 2.00 bits per heavy atom. The predicted molar refractivity (Wildman–Crippen MR) is 82.4 cm³/mol. The van der Waals surface area contributed by atoms with Gasteiger partial charge in [-0.25, -0.2) is 0 Å². The van der Waals surface area contributed by atoms with E-state index in [1.807, 2.05) is 13.0 Å². The smallest absolute Gasteiger partial charge is 0.0725 e. The van der Waals surface area contributed by atoms with Crippen molar-refractivity contribution >= 4 is 16.6 Å². The molecule has 2 rings (SSSR count). The molecule has 0 radical (unpaired) electrons. The Hall–Kier alpha value is -1.61. The van der Waals surface area contributed by atoms with E-state index >= 15 is 0 Å². The summed E-state index contributed by atoms with van der Waals surface area (Å²) in [5.41, 5.74) is 9.11. The van der Waals surface area contributed by atoms with Crippen LogP contribution in [0.1, 0.15) is 26.0 Å². The molecule has 3 N–H and O–H groups in total. The molecule has 102 valence electrons. The Bertz CT molecular complexity index is 561. The maximum atomic E-state index is 5.66. The molecule has 3 nitrogen and oxygen atoms in total. The highest BCUT2D eigenvalue weighted by Gasteiger charge is 2.16. The Labute approximate surface area is 115 Å². The number of para-hydroxylation sites is 1. The molecule has 1 aromatic carbocycles. The second-order valence-electron chi connectivity index (χ2n) is 5.88. The van der Waals surface area contributed by atoms with Gasteiger partial charge >= 0.3 is 0 Å². The molecule has 0 fully saturated rings. The third kappa shape index (κ3) is 3.44. The molecule has 0 unspecified atom stereocenters. The van der Waals surface area contributed by atoms with Gasteiger partial charge in [-0.1, -0.05) is 32.0 Å². The number of benzene rings is 1. The van der Waals surface area contributed by atoms with E-state index in [1.165, 1.54) is 5.39 Å². The fourth-order valence-corrected chi connectivity index (χ4v) is 2.27. The maximum absolute atomic E-state index is 5.66. The number of anilines is 1. The molecule has 0 aliphatic carbocycles. The van der Waals surface area contributed by atoms with E-state index in [9.17, 15) is 0 Å². The Morgan fingerprint density at radius 3 is 2.74 bits per heavy atom. The first-order chi connectivity index (χ1) is 9.02. The number of aryl methyl sites for hydroxylation is 1. The zero-order valence-corrected chi connectivity index (χ0v) is 12.0. The molecule has 19 heavy (non-hydrogen) atoms.